The van der Waals surface area contributed by atoms with Crippen molar-refractivity contribution in [3.05, 3.63) is 28.5 Å². The van der Waals surface area contributed by atoms with E-state index >= 15 is 0 Å². The van der Waals surface area contributed by atoms with Crippen molar-refractivity contribution in [3.63, 3.8) is 0 Å². The van der Waals surface area contributed by atoms with E-state index in [9.17, 15) is 0 Å². The van der Waals surface area contributed by atoms with Crippen molar-refractivity contribution in [1.82, 2.24) is 24.7 Å². The van der Waals surface area contributed by atoms with Gasteiger partial charge >= 0.3 is 0 Å². The van der Waals surface area contributed by atoms with E-state index in [0.29, 0.717) is 6.04 Å². The molecule has 1 unspecified atom stereocenters. The zero-order chi connectivity index (χ0) is 13.9. The molecule has 1 aliphatic carbocycles. The minimum Gasteiger partial charge on any atom is -0.312 e. The molecule has 0 bridgehead atoms. The fraction of sp³-hybridized carbons (Fsp3) is 0.643. The quantitative estimate of drug-likeness (QED) is 0.920. The minimum absolute atomic E-state index is 0.252. The van der Waals surface area contributed by atoms with E-state index in [-0.39, 0.29) is 6.04 Å². The van der Waals surface area contributed by atoms with Crippen molar-refractivity contribution in [2.75, 3.05) is 7.05 Å². The van der Waals surface area contributed by atoms with Gasteiger partial charge < -0.3 is 5.32 Å². The molecule has 20 heavy (non-hydrogen) atoms. The Bertz CT molecular complexity index is 555. The zero-order valence-corrected chi connectivity index (χ0v) is 12.9. The smallest absolute Gasteiger partial charge is 0.0772 e. The van der Waals surface area contributed by atoms with Crippen molar-refractivity contribution >= 4 is 11.5 Å². The zero-order valence-electron chi connectivity index (χ0n) is 12.0. The maximum Gasteiger partial charge on any atom is 0.0772 e. The number of rotatable bonds is 5. The van der Waals surface area contributed by atoms with Gasteiger partial charge in [-0.1, -0.05) is 17.3 Å². The number of nitrogens with one attached hydrogen (secondary N) is 1. The van der Waals surface area contributed by atoms with E-state index in [1.54, 1.807) is 0 Å². The van der Waals surface area contributed by atoms with Gasteiger partial charge in [-0.3, -0.25) is 4.68 Å². The first kappa shape index (κ1) is 13.7. The van der Waals surface area contributed by atoms with Crippen LogP contribution in [-0.2, 0) is 6.42 Å². The molecule has 1 atom stereocenters. The molecule has 0 aromatic carbocycles. The molecule has 0 radical (unpaired) electrons. The third-order valence-electron chi connectivity index (χ3n) is 4.13. The predicted molar refractivity (Wildman–Crippen MR) is 79.9 cm³/mol. The number of nitrogens with zero attached hydrogens (tertiary/aromatic N) is 4. The van der Waals surface area contributed by atoms with Gasteiger partial charge in [-0.2, -0.15) is 5.10 Å². The number of hydrogen-bond donors (Lipinski definition) is 1. The SMILES string of the molecule is CNC(Cc1ccn(C2CCCC2)n1)c1snnc1C. The van der Waals surface area contributed by atoms with Crippen molar-refractivity contribution in [3.8, 4) is 0 Å². The topological polar surface area (TPSA) is 55.6 Å². The molecule has 0 aliphatic heterocycles. The van der Waals surface area contributed by atoms with Gasteiger partial charge in [0.2, 0.25) is 0 Å². The van der Waals surface area contributed by atoms with Gasteiger partial charge in [-0.25, -0.2) is 0 Å². The molecule has 1 N–H and O–H groups in total. The highest BCUT2D eigenvalue weighted by atomic mass is 32.1. The van der Waals surface area contributed by atoms with Gasteiger partial charge in [0.15, 0.2) is 0 Å². The lowest BCUT2D eigenvalue weighted by Gasteiger charge is -2.13. The molecule has 2 heterocycles. The lowest BCUT2D eigenvalue weighted by Crippen LogP contribution is -2.19. The summed E-state index contributed by atoms with van der Waals surface area (Å²) < 4.78 is 6.19. The Kier molecular flexibility index (Phi) is 4.12. The van der Waals surface area contributed by atoms with Gasteiger partial charge in [0, 0.05) is 12.6 Å². The van der Waals surface area contributed by atoms with Crippen LogP contribution in [0.1, 0.15) is 54.0 Å². The molecule has 0 spiro atoms. The van der Waals surface area contributed by atoms with E-state index < -0.39 is 0 Å². The number of aryl methyl sites for hydroxylation is 1. The first-order valence-electron chi connectivity index (χ1n) is 7.28. The normalized spacial score (nSPS) is 17.7. The molecular weight excluding hydrogens is 270 g/mol. The summed E-state index contributed by atoms with van der Waals surface area (Å²) in [5, 5.41) is 12.2. The molecule has 3 rings (SSSR count). The minimum atomic E-state index is 0.252. The molecule has 6 heteroatoms. The van der Waals surface area contributed by atoms with Crippen LogP contribution in [0.25, 0.3) is 0 Å². The van der Waals surface area contributed by atoms with Crippen LogP contribution in [0.2, 0.25) is 0 Å². The van der Waals surface area contributed by atoms with Gasteiger partial charge in [-0.05, 0) is 44.4 Å². The first-order valence-corrected chi connectivity index (χ1v) is 8.05. The Morgan fingerprint density at radius 2 is 2.25 bits per heavy atom. The van der Waals surface area contributed by atoms with Crippen LogP contribution in [0.15, 0.2) is 12.3 Å². The third kappa shape index (κ3) is 2.76. The fourth-order valence-corrected chi connectivity index (χ4v) is 3.70. The van der Waals surface area contributed by atoms with E-state index in [0.717, 1.165) is 17.8 Å². The highest BCUT2D eigenvalue weighted by Gasteiger charge is 2.20. The van der Waals surface area contributed by atoms with Crippen LogP contribution in [0.3, 0.4) is 0 Å². The second-order valence-corrected chi connectivity index (χ2v) is 6.28. The van der Waals surface area contributed by atoms with Crippen LogP contribution in [0.4, 0.5) is 0 Å². The highest BCUT2D eigenvalue weighted by molar-refractivity contribution is 7.05. The lowest BCUT2D eigenvalue weighted by atomic mass is 10.1. The molecule has 2 aromatic heterocycles. The van der Waals surface area contributed by atoms with Gasteiger partial charge in [0.05, 0.1) is 28.3 Å². The Hall–Kier alpha value is -1.27. The van der Waals surface area contributed by atoms with Crippen LogP contribution in [0, 0.1) is 6.92 Å². The van der Waals surface area contributed by atoms with Gasteiger partial charge in [0.25, 0.3) is 0 Å². The molecule has 0 amide bonds. The standard InChI is InChI=1S/C14H21N5S/c1-10-14(20-18-16-10)13(15-2)9-11-7-8-19(17-11)12-5-3-4-6-12/h7-8,12-13,15H,3-6,9H2,1-2H3. The maximum atomic E-state index is 4.76. The highest BCUT2D eigenvalue weighted by Crippen LogP contribution is 2.29. The van der Waals surface area contributed by atoms with E-state index in [2.05, 4.69) is 31.8 Å². The molecule has 1 aliphatic rings. The monoisotopic (exact) mass is 291 g/mol. The van der Waals surface area contributed by atoms with Crippen molar-refractivity contribution in [2.24, 2.45) is 0 Å². The van der Waals surface area contributed by atoms with Crippen LogP contribution in [-0.4, -0.2) is 26.4 Å². The Morgan fingerprint density at radius 1 is 1.45 bits per heavy atom. The average molecular weight is 291 g/mol. The summed E-state index contributed by atoms with van der Waals surface area (Å²) in [4.78, 5) is 1.21. The Labute approximate surface area is 123 Å². The summed E-state index contributed by atoms with van der Waals surface area (Å²) in [5.74, 6) is 0. The third-order valence-corrected chi connectivity index (χ3v) is 5.07. The fourth-order valence-electron chi connectivity index (χ4n) is 2.95. The largest absolute Gasteiger partial charge is 0.312 e. The molecule has 1 fully saturated rings. The summed E-state index contributed by atoms with van der Waals surface area (Å²) in [6.45, 7) is 2.01. The van der Waals surface area contributed by atoms with Crippen LogP contribution in [0.5, 0.6) is 0 Å². The van der Waals surface area contributed by atoms with Crippen molar-refractivity contribution in [2.45, 2.75) is 51.1 Å². The van der Waals surface area contributed by atoms with Crippen molar-refractivity contribution in [1.29, 1.82) is 0 Å². The number of aromatic nitrogens is 4. The maximum absolute atomic E-state index is 4.76. The second-order valence-electron chi connectivity index (χ2n) is 5.49. The predicted octanol–water partition coefficient (Wildman–Crippen LogP) is 2.66. The van der Waals surface area contributed by atoms with Crippen LogP contribution < -0.4 is 5.32 Å². The summed E-state index contributed by atoms with van der Waals surface area (Å²) in [7, 11) is 1.98. The molecule has 1 saturated carbocycles. The summed E-state index contributed by atoms with van der Waals surface area (Å²) in [5.41, 5.74) is 2.16. The Morgan fingerprint density at radius 3 is 2.90 bits per heavy atom. The summed E-state index contributed by atoms with van der Waals surface area (Å²) >= 11 is 1.48. The summed E-state index contributed by atoms with van der Waals surface area (Å²) in [6.07, 6.45) is 8.25. The molecule has 108 valence electrons. The number of likely N-dealkylation sites (N-methyl/N-ethyl adjacent to an activating group) is 1. The first-order chi connectivity index (χ1) is 9.78. The molecule has 2 aromatic rings. The van der Waals surface area contributed by atoms with E-state index in [4.69, 9.17) is 5.10 Å². The average Bonchev–Trinajstić information content (AvgIpc) is 3.17. The van der Waals surface area contributed by atoms with Gasteiger partial charge in [0.1, 0.15) is 0 Å². The molecule has 0 saturated heterocycles. The van der Waals surface area contributed by atoms with Gasteiger partial charge in [-0.15, -0.1) is 5.10 Å². The second kappa shape index (κ2) is 6.01. The molecular formula is C14H21N5S. The summed E-state index contributed by atoms with van der Waals surface area (Å²) in [6, 6.07) is 3.01. The Balaban J connectivity index is 1.71. The van der Waals surface area contributed by atoms with E-state index in [1.807, 2.05) is 14.0 Å². The van der Waals surface area contributed by atoms with Crippen LogP contribution >= 0.6 is 11.5 Å². The van der Waals surface area contributed by atoms with E-state index in [1.165, 1.54) is 42.1 Å². The lowest BCUT2D eigenvalue weighted by molar-refractivity contribution is 0.459. The number of hydrogen-bond acceptors (Lipinski definition) is 5. The molecule has 5 nitrogen and oxygen atoms in total. The van der Waals surface area contributed by atoms with Crippen molar-refractivity contribution < 1.29 is 0 Å².